The zero-order valence-corrected chi connectivity index (χ0v) is 15.9. The number of aryl methyl sites for hydroxylation is 1. The van der Waals surface area contributed by atoms with E-state index < -0.39 is 17.6 Å². The average molecular weight is 407 g/mol. The molecule has 1 fully saturated rings. The first-order valence-electron chi connectivity index (χ1n) is 9.27. The minimum Gasteiger partial charge on any atom is -0.369 e. The van der Waals surface area contributed by atoms with Crippen LogP contribution in [0.2, 0.25) is 0 Å². The van der Waals surface area contributed by atoms with Gasteiger partial charge in [0, 0.05) is 18.7 Å². The van der Waals surface area contributed by atoms with Crippen LogP contribution in [0.25, 0.3) is 0 Å². The summed E-state index contributed by atoms with van der Waals surface area (Å²) >= 11 is 0. The fourth-order valence-electron chi connectivity index (χ4n) is 3.28. The smallest absolute Gasteiger partial charge is 0.369 e. The van der Waals surface area contributed by atoms with E-state index in [0.29, 0.717) is 11.3 Å². The number of nitrogens with zero attached hydrogens (tertiary/aromatic N) is 2. The molecule has 0 atom stereocenters. The Hall–Kier alpha value is -2.90. The molecule has 1 aliphatic rings. The van der Waals surface area contributed by atoms with Gasteiger partial charge in [0.2, 0.25) is 5.91 Å². The molecule has 2 aromatic carbocycles. The van der Waals surface area contributed by atoms with Crippen LogP contribution in [0.5, 0.6) is 0 Å². The number of hydrazone groups is 1. The van der Waals surface area contributed by atoms with Gasteiger partial charge in [-0.25, -0.2) is 9.82 Å². The van der Waals surface area contributed by atoms with Crippen LogP contribution in [0.1, 0.15) is 35.1 Å². The number of amides is 1. The Kier molecular flexibility index (Phi) is 6.20. The standard InChI is InChI=1S/C21H21F4N3O/c1-14-9-19(28-7-2-3-8-28)18(22)12-16(14)13-26-27-20(29)11-15-5-4-6-17(10-15)21(23,24)25/h4-6,9-10,12-13H,2-3,7-8,11H2,1H3,(H,27,29). The van der Waals surface area contributed by atoms with Crippen molar-refractivity contribution in [2.45, 2.75) is 32.4 Å². The maximum Gasteiger partial charge on any atom is 0.416 e. The van der Waals surface area contributed by atoms with Gasteiger partial charge in [-0.05, 0) is 49.1 Å². The van der Waals surface area contributed by atoms with Gasteiger partial charge in [0.25, 0.3) is 0 Å². The monoisotopic (exact) mass is 407 g/mol. The SMILES string of the molecule is Cc1cc(N2CCCC2)c(F)cc1C=NNC(=O)Cc1cccc(C(F)(F)F)c1. The number of carbonyl (C=O) groups is 1. The first-order valence-corrected chi connectivity index (χ1v) is 9.27. The molecule has 0 aliphatic carbocycles. The Morgan fingerprint density at radius 1 is 1.21 bits per heavy atom. The van der Waals surface area contributed by atoms with Crippen LogP contribution in [0.4, 0.5) is 23.2 Å². The summed E-state index contributed by atoms with van der Waals surface area (Å²) in [5.74, 6) is -0.915. The zero-order valence-electron chi connectivity index (χ0n) is 15.9. The van der Waals surface area contributed by atoms with E-state index in [-0.39, 0.29) is 17.8 Å². The van der Waals surface area contributed by atoms with E-state index in [1.165, 1.54) is 24.4 Å². The summed E-state index contributed by atoms with van der Waals surface area (Å²) in [5, 5.41) is 3.81. The summed E-state index contributed by atoms with van der Waals surface area (Å²) in [6.07, 6.45) is -1.30. The first-order chi connectivity index (χ1) is 13.7. The molecule has 0 saturated carbocycles. The minimum absolute atomic E-state index is 0.227. The first kappa shape index (κ1) is 20.8. The molecule has 8 heteroatoms. The summed E-state index contributed by atoms with van der Waals surface area (Å²) in [6.45, 7) is 3.48. The van der Waals surface area contributed by atoms with E-state index in [0.717, 1.165) is 43.6 Å². The highest BCUT2D eigenvalue weighted by Crippen LogP contribution is 2.29. The van der Waals surface area contributed by atoms with Crippen molar-refractivity contribution in [1.29, 1.82) is 0 Å². The molecule has 1 heterocycles. The van der Waals surface area contributed by atoms with Gasteiger partial charge in [0.15, 0.2) is 0 Å². The van der Waals surface area contributed by atoms with Crippen LogP contribution in [-0.2, 0) is 17.4 Å². The molecule has 1 amide bonds. The second kappa shape index (κ2) is 8.63. The van der Waals surface area contributed by atoms with Gasteiger partial charge >= 0.3 is 6.18 Å². The van der Waals surface area contributed by atoms with E-state index in [1.807, 2.05) is 11.8 Å². The molecular formula is C21H21F4N3O. The van der Waals surface area contributed by atoms with E-state index in [1.54, 1.807) is 6.07 Å². The van der Waals surface area contributed by atoms with Crippen LogP contribution in [0.15, 0.2) is 41.5 Å². The Balaban J connectivity index is 1.62. The maximum absolute atomic E-state index is 14.4. The second-order valence-corrected chi connectivity index (χ2v) is 7.02. The fourth-order valence-corrected chi connectivity index (χ4v) is 3.28. The lowest BCUT2D eigenvalue weighted by Gasteiger charge is -2.19. The van der Waals surface area contributed by atoms with E-state index in [9.17, 15) is 22.4 Å². The van der Waals surface area contributed by atoms with Crippen molar-refractivity contribution in [3.63, 3.8) is 0 Å². The van der Waals surface area contributed by atoms with Crippen molar-refractivity contribution in [3.05, 3.63) is 64.5 Å². The number of carbonyl (C=O) groups excluding carboxylic acids is 1. The van der Waals surface area contributed by atoms with E-state index >= 15 is 0 Å². The number of nitrogens with one attached hydrogen (secondary N) is 1. The molecule has 0 aromatic heterocycles. The predicted molar refractivity (Wildman–Crippen MR) is 103 cm³/mol. The Labute approximate surface area is 166 Å². The normalized spacial score (nSPS) is 14.6. The van der Waals surface area contributed by atoms with Gasteiger partial charge in [-0.2, -0.15) is 18.3 Å². The number of halogens is 4. The third kappa shape index (κ3) is 5.34. The van der Waals surface area contributed by atoms with Crippen LogP contribution in [0.3, 0.4) is 0 Å². The summed E-state index contributed by atoms with van der Waals surface area (Å²) < 4.78 is 52.6. The van der Waals surface area contributed by atoms with Crippen LogP contribution >= 0.6 is 0 Å². The molecule has 0 spiro atoms. The van der Waals surface area contributed by atoms with Crippen molar-refractivity contribution < 1.29 is 22.4 Å². The molecule has 1 N–H and O–H groups in total. The van der Waals surface area contributed by atoms with E-state index in [4.69, 9.17) is 0 Å². The molecule has 2 aromatic rings. The summed E-state index contributed by atoms with van der Waals surface area (Å²) in [5.41, 5.74) is 3.58. The quantitative estimate of drug-likeness (QED) is 0.452. The van der Waals surface area contributed by atoms with Crippen LogP contribution < -0.4 is 10.3 Å². The lowest BCUT2D eigenvalue weighted by atomic mass is 10.1. The number of hydrogen-bond acceptors (Lipinski definition) is 3. The topological polar surface area (TPSA) is 44.7 Å². The number of hydrogen-bond donors (Lipinski definition) is 1. The van der Waals surface area contributed by atoms with Crippen molar-refractivity contribution in [2.24, 2.45) is 5.10 Å². The van der Waals surface area contributed by atoms with Crippen LogP contribution in [0, 0.1) is 12.7 Å². The van der Waals surface area contributed by atoms with Crippen molar-refractivity contribution >= 4 is 17.8 Å². The van der Waals surface area contributed by atoms with Crippen molar-refractivity contribution in [3.8, 4) is 0 Å². The number of anilines is 1. The number of alkyl halides is 3. The van der Waals surface area contributed by atoms with E-state index in [2.05, 4.69) is 10.5 Å². The molecule has 4 nitrogen and oxygen atoms in total. The predicted octanol–water partition coefficient (Wildman–Crippen LogP) is 4.45. The molecular weight excluding hydrogens is 386 g/mol. The summed E-state index contributed by atoms with van der Waals surface area (Å²) in [7, 11) is 0. The van der Waals surface area contributed by atoms with Gasteiger partial charge in [-0.1, -0.05) is 18.2 Å². The van der Waals surface area contributed by atoms with Crippen molar-refractivity contribution in [2.75, 3.05) is 18.0 Å². The number of rotatable bonds is 5. The molecule has 0 bridgehead atoms. The van der Waals surface area contributed by atoms with Gasteiger partial charge in [-0.3, -0.25) is 4.79 Å². The van der Waals surface area contributed by atoms with Crippen LogP contribution in [-0.4, -0.2) is 25.2 Å². The van der Waals surface area contributed by atoms with Crippen molar-refractivity contribution in [1.82, 2.24) is 5.43 Å². The number of benzene rings is 2. The lowest BCUT2D eigenvalue weighted by Crippen LogP contribution is -2.20. The van der Waals surface area contributed by atoms with Gasteiger partial charge in [-0.15, -0.1) is 0 Å². The molecule has 0 radical (unpaired) electrons. The molecule has 1 saturated heterocycles. The second-order valence-electron chi connectivity index (χ2n) is 7.02. The Bertz CT molecular complexity index is 919. The third-order valence-corrected chi connectivity index (χ3v) is 4.79. The molecule has 154 valence electrons. The Morgan fingerprint density at radius 2 is 1.93 bits per heavy atom. The molecule has 3 rings (SSSR count). The van der Waals surface area contributed by atoms with Gasteiger partial charge in [0.05, 0.1) is 23.9 Å². The molecule has 1 aliphatic heterocycles. The highest BCUT2D eigenvalue weighted by atomic mass is 19.4. The third-order valence-electron chi connectivity index (χ3n) is 4.79. The highest BCUT2D eigenvalue weighted by Gasteiger charge is 2.30. The highest BCUT2D eigenvalue weighted by molar-refractivity contribution is 5.85. The minimum atomic E-state index is -4.46. The molecule has 0 unspecified atom stereocenters. The lowest BCUT2D eigenvalue weighted by molar-refractivity contribution is -0.137. The van der Waals surface area contributed by atoms with Gasteiger partial charge in [0.1, 0.15) is 5.82 Å². The fraction of sp³-hybridized carbons (Fsp3) is 0.333. The Morgan fingerprint density at radius 3 is 2.62 bits per heavy atom. The molecule has 29 heavy (non-hydrogen) atoms. The summed E-state index contributed by atoms with van der Waals surface area (Å²) in [6, 6.07) is 7.69. The maximum atomic E-state index is 14.4. The van der Waals surface area contributed by atoms with Gasteiger partial charge < -0.3 is 4.90 Å². The average Bonchev–Trinajstić information content (AvgIpc) is 3.18. The largest absolute Gasteiger partial charge is 0.416 e. The summed E-state index contributed by atoms with van der Waals surface area (Å²) in [4.78, 5) is 14.0. The zero-order chi connectivity index (χ0) is 21.0.